The maximum absolute atomic E-state index is 12.2. The average molecular weight is 287 g/mol. The molecule has 1 aliphatic rings. The summed E-state index contributed by atoms with van der Waals surface area (Å²) >= 11 is 0. The van der Waals surface area contributed by atoms with Crippen molar-refractivity contribution in [2.75, 3.05) is 6.54 Å². The van der Waals surface area contributed by atoms with E-state index in [1.807, 2.05) is 6.07 Å². The Kier molecular flexibility index (Phi) is 4.13. The Labute approximate surface area is 123 Å². The van der Waals surface area contributed by atoms with Crippen molar-refractivity contribution < 1.29 is 14.7 Å². The highest BCUT2D eigenvalue weighted by molar-refractivity contribution is 5.86. The SMILES string of the molecule is CC1(C(=O)O)CCCN1C(=O)NCc1ccc(C#N)cc1. The van der Waals surface area contributed by atoms with E-state index in [0.717, 1.165) is 5.56 Å². The molecule has 6 nitrogen and oxygen atoms in total. The number of benzene rings is 1. The Bertz CT molecular complexity index is 591. The molecule has 1 aliphatic heterocycles. The number of nitrogens with one attached hydrogen (secondary N) is 1. The molecule has 0 saturated carbocycles. The van der Waals surface area contributed by atoms with Crippen LogP contribution in [-0.2, 0) is 11.3 Å². The van der Waals surface area contributed by atoms with Crippen molar-refractivity contribution in [3.05, 3.63) is 35.4 Å². The van der Waals surface area contributed by atoms with Crippen molar-refractivity contribution in [1.29, 1.82) is 5.26 Å². The quantitative estimate of drug-likeness (QED) is 0.885. The van der Waals surface area contributed by atoms with Crippen molar-refractivity contribution in [1.82, 2.24) is 10.2 Å². The third kappa shape index (κ3) is 2.97. The lowest BCUT2D eigenvalue weighted by Crippen LogP contribution is -2.53. The second-order valence-corrected chi connectivity index (χ2v) is 5.30. The summed E-state index contributed by atoms with van der Waals surface area (Å²) in [6.07, 6.45) is 1.15. The molecule has 2 rings (SSSR count). The minimum atomic E-state index is -1.13. The number of likely N-dealkylation sites (tertiary alicyclic amines) is 1. The molecule has 2 N–H and O–H groups in total. The van der Waals surface area contributed by atoms with E-state index in [1.54, 1.807) is 31.2 Å². The topological polar surface area (TPSA) is 93.4 Å². The van der Waals surface area contributed by atoms with Gasteiger partial charge in [0, 0.05) is 13.1 Å². The fourth-order valence-electron chi connectivity index (χ4n) is 2.48. The second-order valence-electron chi connectivity index (χ2n) is 5.30. The van der Waals surface area contributed by atoms with Gasteiger partial charge in [-0.1, -0.05) is 12.1 Å². The highest BCUT2D eigenvalue weighted by Crippen LogP contribution is 2.29. The van der Waals surface area contributed by atoms with Crippen LogP contribution < -0.4 is 5.32 Å². The van der Waals surface area contributed by atoms with Gasteiger partial charge in [0.1, 0.15) is 5.54 Å². The van der Waals surface area contributed by atoms with Gasteiger partial charge in [0.2, 0.25) is 0 Å². The summed E-state index contributed by atoms with van der Waals surface area (Å²) in [5, 5.41) is 20.7. The van der Waals surface area contributed by atoms with Gasteiger partial charge >= 0.3 is 12.0 Å². The number of nitriles is 1. The molecule has 0 aromatic heterocycles. The van der Waals surface area contributed by atoms with E-state index < -0.39 is 11.5 Å². The molecule has 0 radical (unpaired) electrons. The number of rotatable bonds is 3. The number of urea groups is 1. The molecule has 1 aromatic carbocycles. The normalized spacial score (nSPS) is 20.9. The summed E-state index contributed by atoms with van der Waals surface area (Å²) in [5.74, 6) is -0.978. The molecule has 0 aliphatic carbocycles. The van der Waals surface area contributed by atoms with E-state index in [0.29, 0.717) is 31.5 Å². The Morgan fingerprint density at radius 3 is 2.67 bits per heavy atom. The molecule has 1 unspecified atom stereocenters. The lowest BCUT2D eigenvalue weighted by atomic mass is 10.00. The highest BCUT2D eigenvalue weighted by atomic mass is 16.4. The smallest absolute Gasteiger partial charge is 0.329 e. The fraction of sp³-hybridized carbons (Fsp3) is 0.400. The van der Waals surface area contributed by atoms with Gasteiger partial charge < -0.3 is 15.3 Å². The van der Waals surface area contributed by atoms with Crippen LogP contribution in [0, 0.1) is 11.3 Å². The number of carbonyl (C=O) groups is 2. The predicted octanol–water partition coefficient (Wildman–Crippen LogP) is 1.71. The van der Waals surface area contributed by atoms with Gasteiger partial charge in [-0.3, -0.25) is 0 Å². The molecule has 6 heteroatoms. The molecule has 1 aromatic rings. The van der Waals surface area contributed by atoms with E-state index >= 15 is 0 Å². The monoisotopic (exact) mass is 287 g/mol. The minimum absolute atomic E-state index is 0.302. The van der Waals surface area contributed by atoms with Crippen LogP contribution in [0.5, 0.6) is 0 Å². The van der Waals surface area contributed by atoms with Gasteiger partial charge in [0.05, 0.1) is 11.6 Å². The number of nitrogens with zero attached hydrogens (tertiary/aromatic N) is 2. The average Bonchev–Trinajstić information content (AvgIpc) is 2.89. The number of carbonyl (C=O) groups excluding carboxylic acids is 1. The van der Waals surface area contributed by atoms with E-state index in [2.05, 4.69) is 5.32 Å². The second kappa shape index (κ2) is 5.83. The fourth-order valence-corrected chi connectivity index (χ4v) is 2.48. The summed E-state index contributed by atoms with van der Waals surface area (Å²) in [7, 11) is 0. The van der Waals surface area contributed by atoms with Crippen LogP contribution in [0.25, 0.3) is 0 Å². The molecule has 1 saturated heterocycles. The van der Waals surface area contributed by atoms with Crippen molar-refractivity contribution in [2.45, 2.75) is 31.8 Å². The number of aliphatic carboxylic acids is 1. The van der Waals surface area contributed by atoms with Crippen molar-refractivity contribution in [3.63, 3.8) is 0 Å². The first-order chi connectivity index (χ1) is 9.97. The maximum Gasteiger partial charge on any atom is 0.329 e. The summed E-state index contributed by atoms with van der Waals surface area (Å²) < 4.78 is 0. The number of carboxylic acid groups (broad SMARTS) is 1. The van der Waals surface area contributed by atoms with Crippen LogP contribution in [0.1, 0.15) is 30.9 Å². The van der Waals surface area contributed by atoms with E-state index in [-0.39, 0.29) is 6.03 Å². The molecular weight excluding hydrogens is 270 g/mol. The Hall–Kier alpha value is -2.55. The summed E-state index contributed by atoms with van der Waals surface area (Å²) in [5.41, 5.74) is 0.288. The zero-order valence-electron chi connectivity index (χ0n) is 11.8. The summed E-state index contributed by atoms with van der Waals surface area (Å²) in [6.45, 7) is 2.32. The number of hydrogen-bond donors (Lipinski definition) is 2. The van der Waals surface area contributed by atoms with Gasteiger partial charge in [-0.2, -0.15) is 5.26 Å². The van der Waals surface area contributed by atoms with Crippen LogP contribution in [0.4, 0.5) is 4.79 Å². The molecule has 110 valence electrons. The summed E-state index contributed by atoms with van der Waals surface area (Å²) in [4.78, 5) is 24.9. The standard InChI is InChI=1S/C15H17N3O3/c1-15(13(19)20)7-2-8-18(15)14(21)17-10-12-5-3-11(9-16)4-6-12/h3-6H,2,7-8,10H2,1H3,(H,17,21)(H,19,20). The lowest BCUT2D eigenvalue weighted by Gasteiger charge is -2.31. The van der Waals surface area contributed by atoms with Crippen molar-refractivity contribution in [3.8, 4) is 6.07 Å². The van der Waals surface area contributed by atoms with E-state index in [9.17, 15) is 14.7 Å². The molecular formula is C15H17N3O3. The van der Waals surface area contributed by atoms with E-state index in [1.165, 1.54) is 4.90 Å². The van der Waals surface area contributed by atoms with Gasteiger partial charge in [-0.25, -0.2) is 9.59 Å². The van der Waals surface area contributed by atoms with Crippen molar-refractivity contribution >= 4 is 12.0 Å². The highest BCUT2D eigenvalue weighted by Gasteiger charge is 2.45. The first-order valence-corrected chi connectivity index (χ1v) is 6.75. The van der Waals surface area contributed by atoms with Crippen LogP contribution >= 0.6 is 0 Å². The molecule has 1 heterocycles. The van der Waals surface area contributed by atoms with Crippen LogP contribution in [0.3, 0.4) is 0 Å². The van der Waals surface area contributed by atoms with Crippen LogP contribution in [-0.4, -0.2) is 34.1 Å². The largest absolute Gasteiger partial charge is 0.480 e. The number of amides is 2. The molecule has 0 bridgehead atoms. The molecule has 1 fully saturated rings. The third-order valence-electron chi connectivity index (χ3n) is 3.87. The third-order valence-corrected chi connectivity index (χ3v) is 3.87. The molecule has 21 heavy (non-hydrogen) atoms. The first kappa shape index (κ1) is 14.9. The van der Waals surface area contributed by atoms with Crippen LogP contribution in [0.2, 0.25) is 0 Å². The van der Waals surface area contributed by atoms with Gasteiger partial charge in [0.15, 0.2) is 0 Å². The first-order valence-electron chi connectivity index (χ1n) is 6.75. The zero-order chi connectivity index (χ0) is 15.5. The lowest BCUT2D eigenvalue weighted by molar-refractivity contribution is -0.147. The Morgan fingerprint density at radius 2 is 2.10 bits per heavy atom. The zero-order valence-corrected chi connectivity index (χ0v) is 11.8. The summed E-state index contributed by atoms with van der Waals surface area (Å²) in [6, 6.07) is 8.54. The Morgan fingerprint density at radius 1 is 1.43 bits per heavy atom. The molecule has 2 amide bonds. The molecule has 1 atom stereocenters. The van der Waals surface area contributed by atoms with Gasteiger partial charge in [-0.05, 0) is 37.5 Å². The van der Waals surface area contributed by atoms with E-state index in [4.69, 9.17) is 5.26 Å². The maximum atomic E-state index is 12.2. The number of carboxylic acids is 1. The van der Waals surface area contributed by atoms with Gasteiger partial charge in [0.25, 0.3) is 0 Å². The van der Waals surface area contributed by atoms with Gasteiger partial charge in [-0.15, -0.1) is 0 Å². The van der Waals surface area contributed by atoms with Crippen molar-refractivity contribution in [2.24, 2.45) is 0 Å². The predicted molar refractivity (Wildman–Crippen MR) is 75.4 cm³/mol. The number of hydrogen-bond acceptors (Lipinski definition) is 3. The minimum Gasteiger partial charge on any atom is -0.480 e. The Balaban J connectivity index is 1.98. The van der Waals surface area contributed by atoms with Crippen LogP contribution in [0.15, 0.2) is 24.3 Å². The molecule has 0 spiro atoms.